The molecule has 2 rings (SSSR count). The van der Waals surface area contributed by atoms with Gasteiger partial charge in [0.25, 0.3) is 5.91 Å². The normalized spacial score (nSPS) is 14.5. The fraction of sp³-hybridized carbons (Fsp3) is 0.471. The van der Waals surface area contributed by atoms with E-state index in [9.17, 15) is 14.4 Å². The number of amides is 4. The average molecular weight is 364 g/mol. The number of hydrogen-bond donors (Lipinski definition) is 2. The van der Waals surface area contributed by atoms with E-state index in [0.717, 1.165) is 0 Å². The highest BCUT2D eigenvalue weighted by atomic mass is 16.5. The first kappa shape index (κ1) is 19.5. The van der Waals surface area contributed by atoms with E-state index in [1.165, 1.54) is 20.3 Å². The Labute approximate surface area is 152 Å². The molecule has 1 aliphatic rings. The van der Waals surface area contributed by atoms with Crippen LogP contribution in [0.1, 0.15) is 16.8 Å². The van der Waals surface area contributed by atoms with E-state index < -0.39 is 5.91 Å². The Balaban J connectivity index is 2.00. The molecule has 0 bridgehead atoms. The zero-order valence-corrected chi connectivity index (χ0v) is 15.0. The molecular weight excluding hydrogens is 340 g/mol. The molecular formula is C17H24N4O5. The number of urea groups is 1. The van der Waals surface area contributed by atoms with Gasteiger partial charge in [0, 0.05) is 39.0 Å². The van der Waals surface area contributed by atoms with Crippen molar-refractivity contribution in [1.82, 2.24) is 9.80 Å². The van der Waals surface area contributed by atoms with Crippen LogP contribution in [0.15, 0.2) is 18.2 Å². The summed E-state index contributed by atoms with van der Waals surface area (Å²) in [6.07, 6.45) is 0.679. The van der Waals surface area contributed by atoms with E-state index in [2.05, 4.69) is 5.32 Å². The van der Waals surface area contributed by atoms with E-state index in [-0.39, 0.29) is 24.1 Å². The summed E-state index contributed by atoms with van der Waals surface area (Å²) >= 11 is 0. The van der Waals surface area contributed by atoms with Crippen LogP contribution >= 0.6 is 0 Å². The van der Waals surface area contributed by atoms with Crippen LogP contribution < -0.4 is 15.8 Å². The zero-order chi connectivity index (χ0) is 19.1. The number of primary amides is 1. The molecule has 1 aliphatic heterocycles. The van der Waals surface area contributed by atoms with Crippen molar-refractivity contribution in [2.24, 2.45) is 5.73 Å². The van der Waals surface area contributed by atoms with Crippen molar-refractivity contribution in [2.75, 3.05) is 52.3 Å². The number of nitrogens with zero attached hydrogens (tertiary/aromatic N) is 2. The molecule has 0 aliphatic carbocycles. The van der Waals surface area contributed by atoms with Gasteiger partial charge in [-0.2, -0.15) is 0 Å². The number of methoxy groups -OCH3 is 2. The SMILES string of the molecule is COCC(=O)N1CCCN(C(=O)Nc2ccc(OC)c(C(N)=O)c2)CC1. The van der Waals surface area contributed by atoms with Crippen LogP contribution in [0.4, 0.5) is 10.5 Å². The third-order valence-electron chi connectivity index (χ3n) is 4.12. The molecule has 1 fully saturated rings. The van der Waals surface area contributed by atoms with Gasteiger partial charge in [-0.05, 0) is 24.6 Å². The van der Waals surface area contributed by atoms with Crippen molar-refractivity contribution in [3.05, 3.63) is 23.8 Å². The predicted molar refractivity (Wildman–Crippen MR) is 95.2 cm³/mol. The molecule has 4 amide bonds. The van der Waals surface area contributed by atoms with Gasteiger partial charge in [-0.3, -0.25) is 9.59 Å². The molecule has 9 heteroatoms. The Morgan fingerprint density at radius 3 is 2.46 bits per heavy atom. The van der Waals surface area contributed by atoms with Crippen molar-refractivity contribution in [3.8, 4) is 5.75 Å². The number of carbonyl (C=O) groups is 3. The van der Waals surface area contributed by atoms with Crippen LogP contribution in [-0.2, 0) is 9.53 Å². The first-order valence-corrected chi connectivity index (χ1v) is 8.26. The molecule has 1 heterocycles. The first-order valence-electron chi connectivity index (χ1n) is 8.26. The van der Waals surface area contributed by atoms with Crippen molar-refractivity contribution < 1.29 is 23.9 Å². The lowest BCUT2D eigenvalue weighted by Crippen LogP contribution is -2.40. The summed E-state index contributed by atoms with van der Waals surface area (Å²) in [5, 5.41) is 2.75. The number of ether oxygens (including phenoxy) is 2. The van der Waals surface area contributed by atoms with Gasteiger partial charge in [0.2, 0.25) is 5.91 Å². The quantitative estimate of drug-likeness (QED) is 0.790. The number of nitrogens with one attached hydrogen (secondary N) is 1. The monoisotopic (exact) mass is 364 g/mol. The van der Waals surface area contributed by atoms with E-state index >= 15 is 0 Å². The summed E-state index contributed by atoms with van der Waals surface area (Å²) < 4.78 is 9.95. The number of anilines is 1. The summed E-state index contributed by atoms with van der Waals surface area (Å²) in [7, 11) is 2.92. The van der Waals surface area contributed by atoms with E-state index in [1.807, 2.05) is 0 Å². The third kappa shape index (κ3) is 4.85. The molecule has 0 saturated carbocycles. The lowest BCUT2D eigenvalue weighted by molar-refractivity contribution is -0.135. The second-order valence-electron chi connectivity index (χ2n) is 5.86. The molecule has 1 aromatic rings. The van der Waals surface area contributed by atoms with E-state index in [4.69, 9.17) is 15.2 Å². The van der Waals surface area contributed by atoms with Crippen molar-refractivity contribution >= 4 is 23.5 Å². The highest BCUT2D eigenvalue weighted by Gasteiger charge is 2.22. The lowest BCUT2D eigenvalue weighted by atomic mass is 10.1. The molecule has 0 unspecified atom stereocenters. The van der Waals surface area contributed by atoms with Gasteiger partial charge in [-0.25, -0.2) is 4.79 Å². The molecule has 0 atom stereocenters. The minimum absolute atomic E-state index is 0.0357. The van der Waals surface area contributed by atoms with Gasteiger partial charge in [0.1, 0.15) is 12.4 Å². The van der Waals surface area contributed by atoms with Crippen LogP contribution in [0, 0.1) is 0 Å². The summed E-state index contributed by atoms with van der Waals surface area (Å²) in [5.41, 5.74) is 5.97. The minimum Gasteiger partial charge on any atom is -0.496 e. The van der Waals surface area contributed by atoms with Gasteiger partial charge in [0.05, 0.1) is 12.7 Å². The van der Waals surface area contributed by atoms with Crippen LogP contribution in [0.3, 0.4) is 0 Å². The predicted octanol–water partition coefficient (Wildman–Crippen LogP) is 0.507. The molecule has 0 aromatic heterocycles. The fourth-order valence-electron chi connectivity index (χ4n) is 2.77. The average Bonchev–Trinajstić information content (AvgIpc) is 2.88. The second-order valence-corrected chi connectivity index (χ2v) is 5.86. The molecule has 1 aromatic carbocycles. The Kier molecular flexibility index (Phi) is 6.79. The smallest absolute Gasteiger partial charge is 0.321 e. The summed E-state index contributed by atoms with van der Waals surface area (Å²) in [5.74, 6) is -0.381. The molecule has 9 nitrogen and oxygen atoms in total. The van der Waals surface area contributed by atoms with Crippen molar-refractivity contribution in [3.63, 3.8) is 0 Å². The summed E-state index contributed by atoms with van der Waals surface area (Å²) in [6, 6.07) is 4.39. The Hall–Kier alpha value is -2.81. The molecule has 0 radical (unpaired) electrons. The first-order chi connectivity index (χ1) is 12.5. The maximum atomic E-state index is 12.5. The number of hydrogen-bond acceptors (Lipinski definition) is 5. The largest absolute Gasteiger partial charge is 0.496 e. The number of benzene rings is 1. The topological polar surface area (TPSA) is 114 Å². The minimum atomic E-state index is -0.639. The highest BCUT2D eigenvalue weighted by molar-refractivity contribution is 5.98. The van der Waals surface area contributed by atoms with E-state index in [1.54, 1.807) is 21.9 Å². The van der Waals surface area contributed by atoms with Crippen LogP contribution in [-0.4, -0.2) is 74.7 Å². The van der Waals surface area contributed by atoms with Gasteiger partial charge in [0.15, 0.2) is 0 Å². The van der Waals surface area contributed by atoms with Crippen molar-refractivity contribution in [1.29, 1.82) is 0 Å². The Bertz CT molecular complexity index is 679. The molecule has 3 N–H and O–H groups in total. The number of rotatable bonds is 5. The van der Waals surface area contributed by atoms with Gasteiger partial charge in [-0.15, -0.1) is 0 Å². The Morgan fingerprint density at radius 1 is 1.12 bits per heavy atom. The lowest BCUT2D eigenvalue weighted by Gasteiger charge is -2.22. The van der Waals surface area contributed by atoms with Crippen LogP contribution in [0.25, 0.3) is 0 Å². The molecule has 1 saturated heterocycles. The van der Waals surface area contributed by atoms with Crippen molar-refractivity contribution in [2.45, 2.75) is 6.42 Å². The van der Waals surface area contributed by atoms with E-state index in [0.29, 0.717) is 44.0 Å². The maximum Gasteiger partial charge on any atom is 0.321 e. The molecule has 26 heavy (non-hydrogen) atoms. The standard InChI is InChI=1S/C17H24N4O5/c1-25-11-15(22)20-6-3-7-21(9-8-20)17(24)19-12-4-5-14(26-2)13(10-12)16(18)23/h4-5,10H,3,6-9,11H2,1-2H3,(H2,18,23)(H,19,24). The van der Waals surface area contributed by atoms with Crippen LogP contribution in [0.5, 0.6) is 5.75 Å². The van der Waals surface area contributed by atoms with Crippen LogP contribution in [0.2, 0.25) is 0 Å². The van der Waals surface area contributed by atoms with Gasteiger partial charge < -0.3 is 30.3 Å². The Morgan fingerprint density at radius 2 is 1.81 bits per heavy atom. The molecule has 0 spiro atoms. The number of carbonyl (C=O) groups excluding carboxylic acids is 3. The van der Waals surface area contributed by atoms with Gasteiger partial charge in [-0.1, -0.05) is 0 Å². The fourth-order valence-corrected chi connectivity index (χ4v) is 2.77. The number of nitrogens with two attached hydrogens (primary N) is 1. The third-order valence-corrected chi connectivity index (χ3v) is 4.12. The zero-order valence-electron chi connectivity index (χ0n) is 15.0. The second kappa shape index (κ2) is 9.04. The highest BCUT2D eigenvalue weighted by Crippen LogP contribution is 2.22. The van der Waals surface area contributed by atoms with Gasteiger partial charge >= 0.3 is 6.03 Å². The summed E-state index contributed by atoms with van der Waals surface area (Å²) in [4.78, 5) is 39.2. The summed E-state index contributed by atoms with van der Waals surface area (Å²) in [6.45, 7) is 2.01. The molecule has 142 valence electrons. The maximum absolute atomic E-state index is 12.5.